The van der Waals surface area contributed by atoms with Crippen LogP contribution in [0, 0.1) is 0 Å². The van der Waals surface area contributed by atoms with Crippen molar-refractivity contribution < 1.29 is 4.74 Å². The topological polar surface area (TPSA) is 64.3 Å². The van der Waals surface area contributed by atoms with E-state index in [4.69, 9.17) is 10.5 Å². The molecule has 0 spiro atoms. The fraction of sp³-hybridized carbons (Fsp3) is 0.556. The third kappa shape index (κ3) is 2.32. The van der Waals surface area contributed by atoms with Gasteiger partial charge in [0.25, 0.3) is 0 Å². The van der Waals surface area contributed by atoms with E-state index in [1.807, 2.05) is 18.9 Å². The number of rotatable bonds is 4. The van der Waals surface area contributed by atoms with Crippen LogP contribution in [0.15, 0.2) is 12.4 Å². The fourth-order valence-corrected chi connectivity index (χ4v) is 1.02. The number of aromatic nitrogens is 2. The largest absolute Gasteiger partial charge is 0.481 e. The predicted molar refractivity (Wildman–Crippen MR) is 55.5 cm³/mol. The quantitative estimate of drug-likeness (QED) is 0.748. The standard InChI is InChI=1S/C9H16N4O/c1-7(5-10)13(2)8-4-9(14-3)12-6-11-8/h4,6-7H,5,10H2,1-3H3. The molecule has 1 aromatic heterocycles. The van der Waals surface area contributed by atoms with Gasteiger partial charge in [0.2, 0.25) is 5.88 Å². The van der Waals surface area contributed by atoms with Crippen LogP contribution in [0.25, 0.3) is 0 Å². The summed E-state index contributed by atoms with van der Waals surface area (Å²) in [7, 11) is 3.53. The van der Waals surface area contributed by atoms with Crippen LogP contribution in [-0.4, -0.2) is 36.7 Å². The first-order chi connectivity index (χ1) is 6.69. The third-order valence-electron chi connectivity index (χ3n) is 2.20. The first kappa shape index (κ1) is 10.7. The van der Waals surface area contributed by atoms with E-state index in [2.05, 4.69) is 9.97 Å². The minimum Gasteiger partial charge on any atom is -0.481 e. The summed E-state index contributed by atoms with van der Waals surface area (Å²) >= 11 is 0. The molecule has 5 heteroatoms. The van der Waals surface area contributed by atoms with Crippen LogP contribution in [0.3, 0.4) is 0 Å². The lowest BCUT2D eigenvalue weighted by molar-refractivity contribution is 0.396. The van der Waals surface area contributed by atoms with Crippen LogP contribution < -0.4 is 15.4 Å². The lowest BCUT2D eigenvalue weighted by Crippen LogP contribution is -2.35. The second-order valence-electron chi connectivity index (χ2n) is 3.11. The summed E-state index contributed by atoms with van der Waals surface area (Å²) in [5, 5.41) is 0. The minimum absolute atomic E-state index is 0.245. The lowest BCUT2D eigenvalue weighted by Gasteiger charge is -2.24. The number of methoxy groups -OCH3 is 1. The van der Waals surface area contributed by atoms with Crippen LogP contribution in [0.2, 0.25) is 0 Å². The van der Waals surface area contributed by atoms with Gasteiger partial charge in [-0.3, -0.25) is 0 Å². The molecule has 1 unspecified atom stereocenters. The highest BCUT2D eigenvalue weighted by Gasteiger charge is 2.10. The molecule has 0 aliphatic carbocycles. The van der Waals surface area contributed by atoms with Gasteiger partial charge in [0.1, 0.15) is 12.1 Å². The van der Waals surface area contributed by atoms with E-state index in [9.17, 15) is 0 Å². The summed E-state index contributed by atoms with van der Waals surface area (Å²) in [6, 6.07) is 2.03. The van der Waals surface area contributed by atoms with Crippen molar-refractivity contribution in [2.75, 3.05) is 25.6 Å². The molecule has 0 saturated heterocycles. The summed E-state index contributed by atoms with van der Waals surface area (Å²) in [6.07, 6.45) is 1.48. The predicted octanol–water partition coefficient (Wildman–Crippen LogP) is 0.269. The van der Waals surface area contributed by atoms with Gasteiger partial charge in [0, 0.05) is 25.7 Å². The van der Waals surface area contributed by atoms with Crippen molar-refractivity contribution in [1.29, 1.82) is 0 Å². The lowest BCUT2D eigenvalue weighted by atomic mass is 10.3. The maximum absolute atomic E-state index is 5.56. The van der Waals surface area contributed by atoms with Gasteiger partial charge in [-0.15, -0.1) is 0 Å². The maximum Gasteiger partial charge on any atom is 0.218 e. The molecular formula is C9H16N4O. The van der Waals surface area contributed by atoms with E-state index in [1.54, 1.807) is 13.2 Å². The molecule has 0 saturated carbocycles. The monoisotopic (exact) mass is 196 g/mol. The zero-order valence-corrected chi connectivity index (χ0v) is 8.77. The van der Waals surface area contributed by atoms with E-state index in [1.165, 1.54) is 6.33 Å². The number of ether oxygens (including phenoxy) is 1. The van der Waals surface area contributed by atoms with E-state index in [-0.39, 0.29) is 6.04 Å². The first-order valence-electron chi connectivity index (χ1n) is 4.48. The second-order valence-corrected chi connectivity index (χ2v) is 3.11. The van der Waals surface area contributed by atoms with Gasteiger partial charge in [-0.05, 0) is 6.92 Å². The van der Waals surface area contributed by atoms with Crippen molar-refractivity contribution in [3.05, 3.63) is 12.4 Å². The molecule has 0 aliphatic heterocycles. The Balaban J connectivity index is 2.83. The smallest absolute Gasteiger partial charge is 0.218 e. The number of hydrogen-bond acceptors (Lipinski definition) is 5. The summed E-state index contributed by atoms with van der Waals surface area (Å²) in [6.45, 7) is 2.62. The van der Waals surface area contributed by atoms with Crippen molar-refractivity contribution >= 4 is 5.82 Å². The molecule has 1 aromatic rings. The van der Waals surface area contributed by atoms with E-state index >= 15 is 0 Å². The summed E-state index contributed by atoms with van der Waals surface area (Å²) in [4.78, 5) is 10.1. The van der Waals surface area contributed by atoms with Crippen LogP contribution in [-0.2, 0) is 0 Å². The Morgan fingerprint density at radius 3 is 2.86 bits per heavy atom. The molecule has 0 radical (unpaired) electrons. The number of nitrogens with zero attached hydrogens (tertiary/aromatic N) is 3. The molecule has 0 aromatic carbocycles. The molecular weight excluding hydrogens is 180 g/mol. The van der Waals surface area contributed by atoms with Crippen LogP contribution >= 0.6 is 0 Å². The molecule has 14 heavy (non-hydrogen) atoms. The SMILES string of the molecule is COc1cc(N(C)C(C)CN)ncn1. The highest BCUT2D eigenvalue weighted by Crippen LogP contribution is 2.15. The van der Waals surface area contributed by atoms with Gasteiger partial charge in [-0.1, -0.05) is 0 Å². The zero-order chi connectivity index (χ0) is 10.6. The first-order valence-corrected chi connectivity index (χ1v) is 4.48. The molecule has 1 heterocycles. The number of likely N-dealkylation sites (N-methyl/N-ethyl adjacent to an activating group) is 1. The van der Waals surface area contributed by atoms with Crippen LogP contribution in [0.4, 0.5) is 5.82 Å². The molecule has 1 atom stereocenters. The summed E-state index contributed by atoms with van der Waals surface area (Å²) < 4.78 is 5.01. The van der Waals surface area contributed by atoms with Gasteiger partial charge < -0.3 is 15.4 Å². The average molecular weight is 196 g/mol. The highest BCUT2D eigenvalue weighted by atomic mass is 16.5. The van der Waals surface area contributed by atoms with Gasteiger partial charge in [-0.2, -0.15) is 0 Å². The van der Waals surface area contributed by atoms with E-state index in [0.29, 0.717) is 12.4 Å². The van der Waals surface area contributed by atoms with Crippen molar-refractivity contribution in [1.82, 2.24) is 9.97 Å². The second kappa shape index (κ2) is 4.76. The minimum atomic E-state index is 0.245. The Bertz CT molecular complexity index is 292. The Hall–Kier alpha value is -1.36. The molecule has 2 N–H and O–H groups in total. The highest BCUT2D eigenvalue weighted by molar-refractivity contribution is 5.40. The van der Waals surface area contributed by atoms with Crippen molar-refractivity contribution in [3.63, 3.8) is 0 Å². The average Bonchev–Trinajstić information content (AvgIpc) is 2.27. The van der Waals surface area contributed by atoms with Gasteiger partial charge in [-0.25, -0.2) is 9.97 Å². The number of hydrogen-bond donors (Lipinski definition) is 1. The fourth-order valence-electron chi connectivity index (χ4n) is 1.02. The summed E-state index contributed by atoms with van der Waals surface area (Å²) in [5.74, 6) is 1.38. The van der Waals surface area contributed by atoms with Crippen LogP contribution in [0.1, 0.15) is 6.92 Å². The summed E-state index contributed by atoms with van der Waals surface area (Å²) in [5.41, 5.74) is 5.56. The maximum atomic E-state index is 5.56. The molecule has 5 nitrogen and oxygen atoms in total. The number of nitrogens with two attached hydrogens (primary N) is 1. The Labute approximate surface area is 83.9 Å². The molecule has 0 bridgehead atoms. The molecule has 0 fully saturated rings. The van der Waals surface area contributed by atoms with Crippen LogP contribution in [0.5, 0.6) is 5.88 Å². The Kier molecular flexibility index (Phi) is 3.64. The van der Waals surface area contributed by atoms with Crippen molar-refractivity contribution in [2.24, 2.45) is 5.73 Å². The molecule has 1 rings (SSSR count). The normalized spacial score (nSPS) is 12.3. The Morgan fingerprint density at radius 2 is 2.29 bits per heavy atom. The van der Waals surface area contributed by atoms with E-state index in [0.717, 1.165) is 5.82 Å². The Morgan fingerprint density at radius 1 is 1.57 bits per heavy atom. The van der Waals surface area contributed by atoms with Gasteiger partial charge in [0.05, 0.1) is 7.11 Å². The van der Waals surface area contributed by atoms with Gasteiger partial charge >= 0.3 is 0 Å². The van der Waals surface area contributed by atoms with Crippen molar-refractivity contribution in [2.45, 2.75) is 13.0 Å². The van der Waals surface area contributed by atoms with Crippen molar-refractivity contribution in [3.8, 4) is 5.88 Å². The molecule has 0 amide bonds. The number of anilines is 1. The zero-order valence-electron chi connectivity index (χ0n) is 8.77. The van der Waals surface area contributed by atoms with Gasteiger partial charge in [0.15, 0.2) is 0 Å². The van der Waals surface area contributed by atoms with E-state index < -0.39 is 0 Å². The third-order valence-corrected chi connectivity index (χ3v) is 2.20. The molecule has 78 valence electrons. The molecule has 0 aliphatic rings.